The Labute approximate surface area is 148 Å². The Bertz CT molecular complexity index is 763. The van der Waals surface area contributed by atoms with Crippen LogP contribution in [0.3, 0.4) is 0 Å². The fraction of sp³-hybridized carbons (Fsp3) is 0.389. The van der Waals surface area contributed by atoms with Crippen molar-refractivity contribution in [2.75, 3.05) is 12.8 Å². The number of benzene rings is 1. The van der Waals surface area contributed by atoms with Crippen molar-refractivity contribution in [2.24, 2.45) is 0 Å². The van der Waals surface area contributed by atoms with Gasteiger partial charge in [0.15, 0.2) is 9.84 Å². The largest absolute Gasteiger partial charge is 0.341 e. The van der Waals surface area contributed by atoms with Crippen LogP contribution in [-0.2, 0) is 26.9 Å². The minimum absolute atomic E-state index is 0.108. The van der Waals surface area contributed by atoms with Crippen molar-refractivity contribution in [1.82, 2.24) is 4.90 Å². The summed E-state index contributed by atoms with van der Waals surface area (Å²) in [6.45, 7) is 4.61. The first-order chi connectivity index (χ1) is 11.3. The Hall–Kier alpha value is -1.66. The lowest BCUT2D eigenvalue weighted by atomic mass is 10.0. The predicted molar refractivity (Wildman–Crippen MR) is 98.8 cm³/mol. The average Bonchev–Trinajstić information content (AvgIpc) is 2.99. The highest BCUT2D eigenvalue weighted by Crippen LogP contribution is 2.16. The molecule has 0 aliphatic heterocycles. The summed E-state index contributed by atoms with van der Waals surface area (Å²) in [6, 6.07) is 9.47. The number of carbonyl (C=O) groups is 1. The second-order valence-corrected chi connectivity index (χ2v) is 9.15. The number of hydrogen-bond acceptors (Lipinski definition) is 4. The third kappa shape index (κ3) is 5.46. The van der Waals surface area contributed by atoms with E-state index in [9.17, 15) is 13.2 Å². The van der Waals surface area contributed by atoms with Crippen LogP contribution in [0.15, 0.2) is 41.1 Å². The third-order valence-corrected chi connectivity index (χ3v) is 5.99. The van der Waals surface area contributed by atoms with Gasteiger partial charge in [-0.25, -0.2) is 8.42 Å². The summed E-state index contributed by atoms with van der Waals surface area (Å²) in [6.07, 6.45) is 0. The molecule has 0 fully saturated rings. The smallest absolute Gasteiger partial charge is 0.237 e. The minimum Gasteiger partial charge on any atom is -0.341 e. The van der Waals surface area contributed by atoms with Crippen molar-refractivity contribution in [1.29, 1.82) is 0 Å². The van der Waals surface area contributed by atoms with Gasteiger partial charge in [0, 0.05) is 13.6 Å². The van der Waals surface area contributed by atoms with Crippen LogP contribution in [0.4, 0.5) is 0 Å². The van der Waals surface area contributed by atoms with Crippen molar-refractivity contribution in [3.63, 3.8) is 0 Å². The van der Waals surface area contributed by atoms with Crippen LogP contribution in [0.5, 0.6) is 0 Å². The Balaban J connectivity index is 1.95. The van der Waals surface area contributed by atoms with Gasteiger partial charge in [-0.05, 0) is 39.4 Å². The number of nitrogens with zero attached hydrogens (tertiary/aromatic N) is 1. The number of amides is 1. The average molecular weight is 366 g/mol. The van der Waals surface area contributed by atoms with Gasteiger partial charge in [0.1, 0.15) is 5.75 Å². The Morgan fingerprint density at radius 2 is 1.79 bits per heavy atom. The summed E-state index contributed by atoms with van der Waals surface area (Å²) in [7, 11) is -1.85. The molecule has 0 N–H and O–H groups in total. The van der Waals surface area contributed by atoms with Crippen molar-refractivity contribution < 1.29 is 13.2 Å². The minimum atomic E-state index is -3.48. The van der Waals surface area contributed by atoms with Gasteiger partial charge in [0.2, 0.25) is 5.91 Å². The lowest BCUT2D eigenvalue weighted by molar-refractivity contribution is -0.127. The summed E-state index contributed by atoms with van der Waals surface area (Å²) in [5, 5.41) is 3.89. The van der Waals surface area contributed by atoms with Gasteiger partial charge >= 0.3 is 0 Å². The third-order valence-electron chi connectivity index (χ3n) is 3.80. The van der Waals surface area contributed by atoms with Gasteiger partial charge < -0.3 is 4.90 Å². The van der Waals surface area contributed by atoms with Gasteiger partial charge in [-0.2, -0.15) is 11.3 Å². The van der Waals surface area contributed by atoms with E-state index in [-0.39, 0.29) is 11.7 Å². The van der Waals surface area contributed by atoms with E-state index < -0.39 is 15.6 Å². The molecule has 0 aliphatic carbocycles. The molecule has 0 aliphatic rings. The van der Waals surface area contributed by atoms with Crippen LogP contribution in [0.25, 0.3) is 0 Å². The molecule has 1 aromatic carbocycles. The van der Waals surface area contributed by atoms with Gasteiger partial charge in [0.25, 0.3) is 0 Å². The van der Waals surface area contributed by atoms with Crippen LogP contribution in [0.1, 0.15) is 36.5 Å². The summed E-state index contributed by atoms with van der Waals surface area (Å²) in [5.41, 5.74) is 2.90. The Morgan fingerprint density at radius 1 is 1.12 bits per heavy atom. The summed E-state index contributed by atoms with van der Waals surface area (Å²) < 4.78 is 24.6. The van der Waals surface area contributed by atoms with Gasteiger partial charge in [-0.1, -0.05) is 38.1 Å². The van der Waals surface area contributed by atoms with Gasteiger partial charge in [0.05, 0.1) is 5.75 Å². The van der Waals surface area contributed by atoms with E-state index in [1.807, 2.05) is 41.1 Å². The quantitative estimate of drug-likeness (QED) is 0.755. The zero-order valence-corrected chi connectivity index (χ0v) is 15.9. The van der Waals surface area contributed by atoms with Crippen molar-refractivity contribution >= 4 is 27.1 Å². The summed E-state index contributed by atoms with van der Waals surface area (Å²) in [5.74, 6) is -0.536. The number of carbonyl (C=O) groups excluding carboxylic acids is 1. The molecule has 0 unspecified atom stereocenters. The van der Waals surface area contributed by atoms with Crippen molar-refractivity contribution in [3.05, 3.63) is 57.8 Å². The van der Waals surface area contributed by atoms with Crippen LogP contribution in [0, 0.1) is 0 Å². The number of thiophene rings is 1. The van der Waals surface area contributed by atoms with E-state index >= 15 is 0 Å². The van der Waals surface area contributed by atoms with E-state index in [0.29, 0.717) is 18.0 Å². The van der Waals surface area contributed by atoms with E-state index in [4.69, 9.17) is 0 Å². The molecule has 0 saturated heterocycles. The summed E-state index contributed by atoms with van der Waals surface area (Å²) >= 11 is 1.56. The predicted octanol–water partition coefficient (Wildman–Crippen LogP) is 3.44. The SMILES string of the molecule is CC(C)c1ccc(CS(=O)(=O)CC(=O)N(C)Cc2ccsc2)cc1. The van der Waals surface area contributed by atoms with E-state index in [1.54, 1.807) is 18.4 Å². The molecule has 6 heteroatoms. The maximum Gasteiger partial charge on any atom is 0.237 e. The lowest BCUT2D eigenvalue weighted by Crippen LogP contribution is -2.32. The van der Waals surface area contributed by atoms with Gasteiger partial charge in [-0.3, -0.25) is 4.79 Å². The Kier molecular flexibility index (Phi) is 6.18. The van der Waals surface area contributed by atoms with Crippen molar-refractivity contribution in [3.8, 4) is 0 Å². The van der Waals surface area contributed by atoms with Crippen LogP contribution in [-0.4, -0.2) is 32.0 Å². The topological polar surface area (TPSA) is 54.5 Å². The number of sulfone groups is 1. The maximum absolute atomic E-state index is 12.3. The molecule has 0 bridgehead atoms. The fourth-order valence-electron chi connectivity index (χ4n) is 2.35. The molecule has 1 heterocycles. The van der Waals surface area contributed by atoms with Crippen LogP contribution < -0.4 is 0 Å². The monoisotopic (exact) mass is 365 g/mol. The molecule has 4 nitrogen and oxygen atoms in total. The highest BCUT2D eigenvalue weighted by molar-refractivity contribution is 7.91. The van der Waals surface area contributed by atoms with E-state index in [2.05, 4.69) is 13.8 Å². The van der Waals surface area contributed by atoms with Crippen LogP contribution in [0.2, 0.25) is 0 Å². The number of rotatable bonds is 7. The summed E-state index contributed by atoms with van der Waals surface area (Å²) in [4.78, 5) is 13.6. The molecule has 1 amide bonds. The zero-order chi connectivity index (χ0) is 17.7. The van der Waals surface area contributed by atoms with Crippen LogP contribution >= 0.6 is 11.3 Å². The first-order valence-corrected chi connectivity index (χ1v) is 10.6. The number of hydrogen-bond donors (Lipinski definition) is 0. The van der Waals surface area contributed by atoms with Gasteiger partial charge in [-0.15, -0.1) is 0 Å². The maximum atomic E-state index is 12.3. The molecular formula is C18H23NO3S2. The molecular weight excluding hydrogens is 342 g/mol. The Morgan fingerprint density at radius 3 is 2.33 bits per heavy atom. The molecule has 130 valence electrons. The second kappa shape index (κ2) is 7.94. The highest BCUT2D eigenvalue weighted by atomic mass is 32.2. The molecule has 2 rings (SSSR count). The zero-order valence-electron chi connectivity index (χ0n) is 14.2. The molecule has 2 aromatic rings. The molecule has 0 spiro atoms. The first kappa shape index (κ1) is 18.7. The normalized spacial score (nSPS) is 11.7. The molecule has 24 heavy (non-hydrogen) atoms. The molecule has 0 atom stereocenters. The van der Waals surface area contributed by atoms with Crippen molar-refractivity contribution in [2.45, 2.75) is 32.1 Å². The fourth-order valence-corrected chi connectivity index (χ4v) is 4.41. The molecule has 0 saturated carbocycles. The lowest BCUT2D eigenvalue weighted by Gasteiger charge is -2.16. The highest BCUT2D eigenvalue weighted by Gasteiger charge is 2.20. The first-order valence-electron chi connectivity index (χ1n) is 7.81. The van der Waals surface area contributed by atoms with E-state index in [1.165, 1.54) is 10.5 Å². The molecule has 1 aromatic heterocycles. The molecule has 0 radical (unpaired) electrons. The standard InChI is InChI=1S/C18H23NO3S2/c1-14(2)17-6-4-15(5-7-17)12-24(21,22)13-18(20)19(3)10-16-8-9-23-11-16/h4-9,11,14H,10,12-13H2,1-3H3. The van der Waals surface area contributed by atoms with E-state index in [0.717, 1.165) is 5.56 Å². The second-order valence-electron chi connectivity index (χ2n) is 6.31.